The molecule has 4 rings (SSSR count). The van der Waals surface area contributed by atoms with Crippen LogP contribution in [-0.2, 0) is 0 Å². The summed E-state index contributed by atoms with van der Waals surface area (Å²) in [6.45, 7) is 1.99. The second-order valence-electron chi connectivity index (χ2n) is 6.35. The predicted molar refractivity (Wildman–Crippen MR) is 101 cm³/mol. The van der Waals surface area contributed by atoms with E-state index in [4.69, 9.17) is 4.52 Å². The highest BCUT2D eigenvalue weighted by atomic mass is 16.5. The van der Waals surface area contributed by atoms with Gasteiger partial charge < -0.3 is 9.42 Å². The standard InChI is InChI=1S/C20H18N6O2/c1-14-8-6-7-11-17(14)26-19(21-23-24-26)18(15-9-4-3-5-10-15)25(2)20(27)16-12-13-28-22-16/h3-13,18H,1-2H3/t18-/m0/s1. The Morgan fingerprint density at radius 1 is 1.07 bits per heavy atom. The minimum Gasteiger partial charge on any atom is -0.364 e. The number of para-hydroxylation sites is 1. The second kappa shape index (κ2) is 7.43. The highest BCUT2D eigenvalue weighted by molar-refractivity contribution is 5.92. The summed E-state index contributed by atoms with van der Waals surface area (Å²) in [4.78, 5) is 14.5. The van der Waals surface area contributed by atoms with Crippen molar-refractivity contribution in [3.8, 4) is 5.69 Å². The largest absolute Gasteiger partial charge is 0.364 e. The lowest BCUT2D eigenvalue weighted by atomic mass is 10.0. The Balaban J connectivity index is 1.83. The molecule has 0 aliphatic heterocycles. The van der Waals surface area contributed by atoms with Gasteiger partial charge in [-0.05, 0) is 34.5 Å². The van der Waals surface area contributed by atoms with Crippen molar-refractivity contribution >= 4 is 5.91 Å². The first kappa shape index (κ1) is 17.6. The Labute approximate surface area is 161 Å². The van der Waals surface area contributed by atoms with Crippen LogP contribution in [0, 0.1) is 6.92 Å². The molecule has 2 aromatic carbocycles. The Kier molecular flexibility index (Phi) is 4.67. The number of aromatic nitrogens is 5. The molecule has 1 amide bonds. The van der Waals surface area contributed by atoms with Gasteiger partial charge in [0.05, 0.1) is 5.69 Å². The molecule has 0 bridgehead atoms. The second-order valence-corrected chi connectivity index (χ2v) is 6.35. The zero-order chi connectivity index (χ0) is 19.5. The average Bonchev–Trinajstić information content (AvgIpc) is 3.41. The number of rotatable bonds is 5. The normalized spacial score (nSPS) is 11.9. The van der Waals surface area contributed by atoms with Gasteiger partial charge in [-0.1, -0.05) is 53.7 Å². The molecule has 2 aromatic heterocycles. The van der Waals surface area contributed by atoms with Crippen molar-refractivity contribution in [2.75, 3.05) is 7.05 Å². The fraction of sp³-hybridized carbons (Fsp3) is 0.150. The minimum atomic E-state index is -0.514. The van der Waals surface area contributed by atoms with Crippen molar-refractivity contribution < 1.29 is 9.32 Å². The Morgan fingerprint density at radius 3 is 2.54 bits per heavy atom. The van der Waals surface area contributed by atoms with Crippen molar-refractivity contribution in [1.29, 1.82) is 0 Å². The molecule has 0 fully saturated rings. The smallest absolute Gasteiger partial charge is 0.276 e. The summed E-state index contributed by atoms with van der Waals surface area (Å²) >= 11 is 0. The molecule has 2 heterocycles. The van der Waals surface area contributed by atoms with E-state index in [0.717, 1.165) is 16.8 Å². The molecule has 140 valence electrons. The summed E-state index contributed by atoms with van der Waals surface area (Å²) in [5, 5.41) is 16.1. The fourth-order valence-electron chi connectivity index (χ4n) is 3.14. The van der Waals surface area contributed by atoms with E-state index < -0.39 is 6.04 Å². The first-order chi connectivity index (χ1) is 13.7. The van der Waals surface area contributed by atoms with Crippen LogP contribution in [0.15, 0.2) is 71.4 Å². The van der Waals surface area contributed by atoms with Crippen molar-refractivity contribution in [2.45, 2.75) is 13.0 Å². The third-order valence-electron chi connectivity index (χ3n) is 4.56. The Morgan fingerprint density at radius 2 is 1.82 bits per heavy atom. The number of carbonyl (C=O) groups is 1. The highest BCUT2D eigenvalue weighted by Crippen LogP contribution is 2.29. The molecular formula is C20H18N6O2. The lowest BCUT2D eigenvalue weighted by molar-refractivity contribution is 0.0738. The predicted octanol–water partition coefficient (Wildman–Crippen LogP) is 2.82. The molecule has 8 heteroatoms. The number of hydrogen-bond donors (Lipinski definition) is 0. The van der Waals surface area contributed by atoms with E-state index in [1.54, 1.807) is 16.6 Å². The summed E-state index contributed by atoms with van der Waals surface area (Å²) < 4.78 is 6.49. The van der Waals surface area contributed by atoms with Crippen LogP contribution in [0.2, 0.25) is 0 Å². The van der Waals surface area contributed by atoms with Crippen LogP contribution in [-0.4, -0.2) is 43.2 Å². The molecule has 4 aromatic rings. The SMILES string of the molecule is Cc1ccccc1-n1nnnc1[C@H](c1ccccc1)N(C)C(=O)c1ccon1. The maximum Gasteiger partial charge on any atom is 0.276 e. The number of tetrazole rings is 1. The molecule has 0 saturated heterocycles. The van der Waals surface area contributed by atoms with Crippen LogP contribution >= 0.6 is 0 Å². The number of carbonyl (C=O) groups excluding carboxylic acids is 1. The van der Waals surface area contributed by atoms with E-state index in [1.165, 1.54) is 12.3 Å². The zero-order valence-electron chi connectivity index (χ0n) is 15.4. The fourth-order valence-corrected chi connectivity index (χ4v) is 3.14. The van der Waals surface area contributed by atoms with Gasteiger partial charge in [0.1, 0.15) is 12.3 Å². The Hall–Kier alpha value is -3.81. The number of aryl methyl sites for hydroxylation is 1. The van der Waals surface area contributed by atoms with Crippen LogP contribution in [0.25, 0.3) is 5.69 Å². The summed E-state index contributed by atoms with van der Waals surface area (Å²) in [6, 6.07) is 18.5. The van der Waals surface area contributed by atoms with Gasteiger partial charge in [0.15, 0.2) is 11.5 Å². The lowest BCUT2D eigenvalue weighted by Crippen LogP contribution is -2.34. The van der Waals surface area contributed by atoms with Crippen LogP contribution in [0.5, 0.6) is 0 Å². The molecule has 0 saturated carbocycles. The first-order valence-corrected chi connectivity index (χ1v) is 8.73. The topological polar surface area (TPSA) is 89.9 Å². The molecular weight excluding hydrogens is 356 g/mol. The molecule has 0 N–H and O–H groups in total. The van der Waals surface area contributed by atoms with Crippen molar-refractivity contribution in [3.05, 3.63) is 89.6 Å². The monoisotopic (exact) mass is 374 g/mol. The quantitative estimate of drug-likeness (QED) is 0.534. The van der Waals surface area contributed by atoms with Crippen LogP contribution in [0.4, 0.5) is 0 Å². The van der Waals surface area contributed by atoms with Gasteiger partial charge in [-0.3, -0.25) is 4.79 Å². The summed E-state index contributed by atoms with van der Waals surface area (Å²) in [7, 11) is 1.70. The Bertz CT molecular complexity index is 1080. The van der Waals surface area contributed by atoms with E-state index in [2.05, 4.69) is 20.7 Å². The maximum atomic E-state index is 13.0. The van der Waals surface area contributed by atoms with E-state index in [0.29, 0.717) is 5.82 Å². The summed E-state index contributed by atoms with van der Waals surface area (Å²) in [6.07, 6.45) is 1.37. The number of amides is 1. The maximum absolute atomic E-state index is 13.0. The van der Waals surface area contributed by atoms with Crippen LogP contribution in [0.3, 0.4) is 0 Å². The van der Waals surface area contributed by atoms with Gasteiger partial charge in [-0.15, -0.1) is 5.10 Å². The van der Waals surface area contributed by atoms with Gasteiger partial charge in [-0.25, -0.2) is 0 Å². The third kappa shape index (κ3) is 3.16. The van der Waals surface area contributed by atoms with E-state index in [-0.39, 0.29) is 11.6 Å². The molecule has 0 spiro atoms. The van der Waals surface area contributed by atoms with Gasteiger partial charge in [-0.2, -0.15) is 4.68 Å². The molecule has 0 unspecified atom stereocenters. The van der Waals surface area contributed by atoms with Crippen molar-refractivity contribution in [1.82, 2.24) is 30.3 Å². The van der Waals surface area contributed by atoms with E-state index in [1.807, 2.05) is 61.5 Å². The summed E-state index contributed by atoms with van der Waals surface area (Å²) in [5.74, 6) is 0.238. The van der Waals surface area contributed by atoms with Crippen molar-refractivity contribution in [2.24, 2.45) is 0 Å². The molecule has 8 nitrogen and oxygen atoms in total. The van der Waals surface area contributed by atoms with Gasteiger partial charge in [0.2, 0.25) is 0 Å². The van der Waals surface area contributed by atoms with Gasteiger partial charge >= 0.3 is 0 Å². The zero-order valence-corrected chi connectivity index (χ0v) is 15.4. The molecule has 0 aliphatic carbocycles. The van der Waals surface area contributed by atoms with E-state index in [9.17, 15) is 4.79 Å². The molecule has 0 radical (unpaired) electrons. The lowest BCUT2D eigenvalue weighted by Gasteiger charge is -2.27. The molecule has 0 aliphatic rings. The number of benzene rings is 2. The van der Waals surface area contributed by atoms with Crippen LogP contribution < -0.4 is 0 Å². The molecule has 28 heavy (non-hydrogen) atoms. The minimum absolute atomic E-state index is 0.221. The van der Waals surface area contributed by atoms with Crippen LogP contribution in [0.1, 0.15) is 33.5 Å². The van der Waals surface area contributed by atoms with E-state index >= 15 is 0 Å². The van der Waals surface area contributed by atoms with Crippen molar-refractivity contribution in [3.63, 3.8) is 0 Å². The van der Waals surface area contributed by atoms with Gasteiger partial charge in [0.25, 0.3) is 5.91 Å². The molecule has 1 atom stereocenters. The average molecular weight is 374 g/mol. The number of hydrogen-bond acceptors (Lipinski definition) is 6. The third-order valence-corrected chi connectivity index (χ3v) is 4.56. The van der Waals surface area contributed by atoms with Gasteiger partial charge in [0, 0.05) is 13.1 Å². The number of nitrogens with zero attached hydrogens (tertiary/aromatic N) is 6. The highest BCUT2D eigenvalue weighted by Gasteiger charge is 2.31. The first-order valence-electron chi connectivity index (χ1n) is 8.73. The summed E-state index contributed by atoms with van der Waals surface area (Å²) in [5.41, 5.74) is 2.98.